The molecule has 2 heterocycles. The Labute approximate surface area is 153 Å². The molecule has 0 unspecified atom stereocenters. The molecule has 0 aliphatic carbocycles. The zero-order valence-electron chi connectivity index (χ0n) is 14.4. The van der Waals surface area contributed by atoms with E-state index in [9.17, 15) is 0 Å². The molecule has 3 rings (SSSR count). The highest BCUT2D eigenvalue weighted by molar-refractivity contribution is 6.31. The predicted molar refractivity (Wildman–Crippen MR) is 101 cm³/mol. The summed E-state index contributed by atoms with van der Waals surface area (Å²) < 4.78 is 0. The average Bonchev–Trinajstić information content (AvgIpc) is 2.62. The van der Waals surface area contributed by atoms with Gasteiger partial charge in [-0.25, -0.2) is 4.98 Å². The zero-order chi connectivity index (χ0) is 17.8. The van der Waals surface area contributed by atoms with Crippen molar-refractivity contribution in [2.24, 2.45) is 0 Å². The highest BCUT2D eigenvalue weighted by atomic mass is 35.5. The number of halogens is 1. The number of benzene rings is 1. The van der Waals surface area contributed by atoms with Crippen molar-refractivity contribution in [1.29, 1.82) is 5.26 Å². The minimum atomic E-state index is 0.371. The first-order valence-electron chi connectivity index (χ1n) is 8.27. The third kappa shape index (κ3) is 4.31. The van der Waals surface area contributed by atoms with Gasteiger partial charge in [0.25, 0.3) is 0 Å². The number of nitrogens with zero attached hydrogens (tertiary/aromatic N) is 5. The summed E-state index contributed by atoms with van der Waals surface area (Å²) in [5, 5.41) is 13.2. The van der Waals surface area contributed by atoms with Gasteiger partial charge in [-0.1, -0.05) is 11.6 Å². The van der Waals surface area contributed by atoms with Gasteiger partial charge in [0.05, 0.1) is 11.6 Å². The largest absolute Gasteiger partial charge is 0.371 e. The van der Waals surface area contributed by atoms with Crippen LogP contribution in [0.25, 0.3) is 0 Å². The quantitative estimate of drug-likeness (QED) is 0.907. The maximum absolute atomic E-state index is 9.10. The van der Waals surface area contributed by atoms with E-state index in [1.807, 2.05) is 37.2 Å². The molecule has 1 aromatic carbocycles. The van der Waals surface area contributed by atoms with Crippen molar-refractivity contribution in [3.63, 3.8) is 0 Å². The summed E-state index contributed by atoms with van der Waals surface area (Å²) in [7, 11) is 3.86. The molecule has 0 atom stereocenters. The topological polar surface area (TPSA) is 68.1 Å². The first-order valence-corrected chi connectivity index (χ1v) is 8.65. The van der Waals surface area contributed by atoms with E-state index in [4.69, 9.17) is 16.9 Å². The van der Waals surface area contributed by atoms with Gasteiger partial charge in [-0.3, -0.25) is 0 Å². The molecule has 1 N–H and O–H groups in total. The van der Waals surface area contributed by atoms with Gasteiger partial charge in [-0.15, -0.1) is 0 Å². The van der Waals surface area contributed by atoms with Crippen molar-refractivity contribution in [3.8, 4) is 6.07 Å². The van der Waals surface area contributed by atoms with Crippen LogP contribution in [0.5, 0.6) is 0 Å². The normalized spacial score (nSPS) is 14.9. The van der Waals surface area contributed by atoms with Crippen LogP contribution < -0.4 is 15.1 Å². The number of aromatic nitrogens is 2. The fourth-order valence-electron chi connectivity index (χ4n) is 2.96. The predicted octanol–water partition coefficient (Wildman–Crippen LogP) is 3.15. The molecule has 0 amide bonds. The lowest BCUT2D eigenvalue weighted by Gasteiger charge is -2.34. The molecule has 1 aliphatic rings. The van der Waals surface area contributed by atoms with Crippen LogP contribution in [0, 0.1) is 11.3 Å². The third-order valence-electron chi connectivity index (χ3n) is 4.27. The van der Waals surface area contributed by atoms with Gasteiger partial charge >= 0.3 is 0 Å². The van der Waals surface area contributed by atoms with Crippen molar-refractivity contribution in [2.45, 2.75) is 18.9 Å². The third-order valence-corrected chi connectivity index (χ3v) is 4.48. The van der Waals surface area contributed by atoms with Crippen LogP contribution >= 0.6 is 11.6 Å². The van der Waals surface area contributed by atoms with Crippen LogP contribution in [0.15, 0.2) is 30.5 Å². The summed E-state index contributed by atoms with van der Waals surface area (Å²) in [6, 6.07) is 9.94. The van der Waals surface area contributed by atoms with Crippen LogP contribution in [0.2, 0.25) is 5.02 Å². The van der Waals surface area contributed by atoms with Crippen molar-refractivity contribution in [3.05, 3.63) is 41.0 Å². The SMILES string of the molecule is CN(C)c1nccc(NC2CCN(c3cc(Cl)cc(C#N)c3)CC2)n1. The molecular formula is C18H21ClN6. The van der Waals surface area contributed by atoms with E-state index in [1.165, 1.54) is 0 Å². The van der Waals surface area contributed by atoms with Gasteiger partial charge < -0.3 is 15.1 Å². The molecule has 1 aromatic heterocycles. The van der Waals surface area contributed by atoms with Crippen LogP contribution in [0.3, 0.4) is 0 Å². The molecule has 0 radical (unpaired) electrons. The average molecular weight is 357 g/mol. The Balaban J connectivity index is 1.62. The summed E-state index contributed by atoms with van der Waals surface area (Å²) >= 11 is 6.12. The number of anilines is 3. The second-order valence-corrected chi connectivity index (χ2v) is 6.79. The summed E-state index contributed by atoms with van der Waals surface area (Å²) in [6.45, 7) is 1.82. The molecule has 1 aliphatic heterocycles. The highest BCUT2D eigenvalue weighted by Gasteiger charge is 2.20. The number of hydrogen-bond donors (Lipinski definition) is 1. The Bertz CT molecular complexity index is 777. The van der Waals surface area contributed by atoms with E-state index in [-0.39, 0.29) is 0 Å². The number of piperidine rings is 1. The lowest BCUT2D eigenvalue weighted by Crippen LogP contribution is -2.39. The molecule has 25 heavy (non-hydrogen) atoms. The van der Waals surface area contributed by atoms with Crippen LogP contribution in [0.4, 0.5) is 17.5 Å². The van der Waals surface area contributed by atoms with Crippen LogP contribution in [0.1, 0.15) is 18.4 Å². The zero-order valence-corrected chi connectivity index (χ0v) is 15.2. The summed E-state index contributed by atoms with van der Waals surface area (Å²) in [4.78, 5) is 12.9. The van der Waals surface area contributed by atoms with Gasteiger partial charge in [-0.2, -0.15) is 10.2 Å². The lowest BCUT2D eigenvalue weighted by molar-refractivity contribution is 0.525. The molecule has 1 saturated heterocycles. The Morgan fingerprint density at radius 1 is 1.28 bits per heavy atom. The lowest BCUT2D eigenvalue weighted by atomic mass is 10.0. The first kappa shape index (κ1) is 17.3. The Morgan fingerprint density at radius 2 is 2.04 bits per heavy atom. The maximum Gasteiger partial charge on any atom is 0.226 e. The van der Waals surface area contributed by atoms with Crippen molar-refractivity contribution >= 4 is 29.1 Å². The molecule has 0 bridgehead atoms. The monoisotopic (exact) mass is 356 g/mol. The molecule has 130 valence electrons. The van der Waals surface area contributed by atoms with E-state index in [2.05, 4.69) is 26.3 Å². The first-order chi connectivity index (χ1) is 12.0. The number of nitriles is 1. The molecule has 1 fully saturated rings. The minimum absolute atomic E-state index is 0.371. The second kappa shape index (κ2) is 7.58. The summed E-state index contributed by atoms with van der Waals surface area (Å²) in [5.74, 6) is 1.55. The van der Waals surface area contributed by atoms with E-state index < -0.39 is 0 Å². The number of hydrogen-bond acceptors (Lipinski definition) is 6. The van der Waals surface area contributed by atoms with Gasteiger partial charge in [-0.05, 0) is 37.1 Å². The van der Waals surface area contributed by atoms with Gasteiger partial charge in [0.1, 0.15) is 5.82 Å². The van der Waals surface area contributed by atoms with Gasteiger partial charge in [0.2, 0.25) is 5.95 Å². The van der Waals surface area contributed by atoms with Gasteiger partial charge in [0, 0.05) is 50.1 Å². The number of nitrogens with one attached hydrogen (secondary N) is 1. The maximum atomic E-state index is 9.10. The fraction of sp³-hybridized carbons (Fsp3) is 0.389. The standard InChI is InChI=1S/C18H21ClN6/c1-24(2)18-21-6-3-17(23-18)22-15-4-7-25(8-5-15)16-10-13(12-20)9-14(19)11-16/h3,6,9-11,15H,4-5,7-8H2,1-2H3,(H,21,22,23). The van der Waals surface area contributed by atoms with E-state index in [1.54, 1.807) is 12.3 Å². The van der Waals surface area contributed by atoms with Gasteiger partial charge in [0.15, 0.2) is 0 Å². The van der Waals surface area contributed by atoms with E-state index in [0.717, 1.165) is 37.4 Å². The Hall–Kier alpha value is -2.52. The molecule has 2 aromatic rings. The smallest absolute Gasteiger partial charge is 0.226 e. The summed E-state index contributed by atoms with van der Waals surface area (Å²) in [5.41, 5.74) is 1.61. The molecular weight excluding hydrogens is 336 g/mol. The van der Waals surface area contributed by atoms with Crippen LogP contribution in [-0.2, 0) is 0 Å². The fourth-order valence-corrected chi connectivity index (χ4v) is 3.19. The van der Waals surface area contributed by atoms with Crippen molar-refractivity contribution in [1.82, 2.24) is 9.97 Å². The Kier molecular flexibility index (Phi) is 5.25. The second-order valence-electron chi connectivity index (χ2n) is 6.35. The van der Waals surface area contributed by atoms with Crippen LogP contribution in [-0.4, -0.2) is 43.2 Å². The van der Waals surface area contributed by atoms with E-state index >= 15 is 0 Å². The summed E-state index contributed by atoms with van der Waals surface area (Å²) in [6.07, 6.45) is 3.76. The minimum Gasteiger partial charge on any atom is -0.371 e. The van der Waals surface area contributed by atoms with Crippen molar-refractivity contribution < 1.29 is 0 Å². The van der Waals surface area contributed by atoms with Crippen molar-refractivity contribution in [2.75, 3.05) is 42.3 Å². The molecule has 0 spiro atoms. The molecule has 0 saturated carbocycles. The van der Waals surface area contributed by atoms with E-state index in [0.29, 0.717) is 22.6 Å². The highest BCUT2D eigenvalue weighted by Crippen LogP contribution is 2.26. The molecule has 6 nitrogen and oxygen atoms in total. The molecule has 7 heteroatoms. The Morgan fingerprint density at radius 3 is 2.72 bits per heavy atom. The number of rotatable bonds is 4.